The fourth-order valence-electron chi connectivity index (χ4n) is 4.94. The molecule has 3 aromatic rings. The van der Waals surface area contributed by atoms with E-state index in [-0.39, 0.29) is 11.7 Å². The molecule has 0 amide bonds. The number of carbonyl (C=O) groups excluding carboxylic acids is 1. The zero-order chi connectivity index (χ0) is 23.9. The Morgan fingerprint density at radius 2 is 1.50 bits per heavy atom. The zero-order valence-corrected chi connectivity index (χ0v) is 20.8. The van der Waals surface area contributed by atoms with Crippen molar-refractivity contribution in [3.05, 3.63) is 106 Å². The van der Waals surface area contributed by atoms with Crippen LogP contribution in [0.1, 0.15) is 102 Å². The van der Waals surface area contributed by atoms with Gasteiger partial charge in [-0.2, -0.15) is 0 Å². The largest absolute Gasteiger partial charge is 0.494 e. The molecule has 4 rings (SSSR count). The summed E-state index contributed by atoms with van der Waals surface area (Å²) in [6, 6.07) is 21.0. The van der Waals surface area contributed by atoms with E-state index in [0.717, 1.165) is 52.2 Å². The van der Waals surface area contributed by atoms with Crippen molar-refractivity contribution in [3.8, 4) is 5.75 Å². The Morgan fingerprint density at radius 3 is 2.24 bits per heavy atom. The molecule has 0 aliphatic heterocycles. The first kappa shape index (κ1) is 24.0. The molecule has 0 spiro atoms. The molecule has 0 saturated heterocycles. The van der Waals surface area contributed by atoms with E-state index in [0.29, 0.717) is 0 Å². The van der Waals surface area contributed by atoms with Gasteiger partial charge in [0, 0.05) is 17.0 Å². The van der Waals surface area contributed by atoms with Gasteiger partial charge in [0.25, 0.3) is 0 Å². The number of rotatable bonds is 10. The normalized spacial score (nSPS) is 14.8. The number of ketones is 1. The molecule has 1 unspecified atom stereocenters. The van der Waals surface area contributed by atoms with Crippen LogP contribution in [0.5, 0.6) is 5.75 Å². The number of ether oxygens (including phenoxy) is 1. The van der Waals surface area contributed by atoms with Crippen LogP contribution in [0.4, 0.5) is 0 Å². The van der Waals surface area contributed by atoms with Crippen molar-refractivity contribution in [1.82, 2.24) is 0 Å². The third-order valence-corrected chi connectivity index (χ3v) is 6.74. The molecule has 1 atom stereocenters. The Hall–Kier alpha value is -3.13. The topological polar surface area (TPSA) is 26.3 Å². The van der Waals surface area contributed by atoms with Crippen LogP contribution < -0.4 is 4.74 Å². The molecule has 34 heavy (non-hydrogen) atoms. The maximum absolute atomic E-state index is 13.4. The van der Waals surface area contributed by atoms with Crippen LogP contribution in [0.15, 0.2) is 66.7 Å². The lowest BCUT2D eigenvalue weighted by Crippen LogP contribution is -2.20. The van der Waals surface area contributed by atoms with E-state index in [4.69, 9.17) is 4.74 Å². The van der Waals surface area contributed by atoms with Crippen LogP contribution in [-0.4, -0.2) is 12.4 Å². The molecule has 2 nitrogen and oxygen atoms in total. The average Bonchev–Trinajstić information content (AvgIpc) is 2.85. The number of hydrogen-bond acceptors (Lipinski definition) is 2. The second kappa shape index (κ2) is 11.3. The molecule has 0 aromatic heterocycles. The van der Waals surface area contributed by atoms with E-state index < -0.39 is 0 Å². The number of benzene rings is 3. The van der Waals surface area contributed by atoms with Gasteiger partial charge in [-0.05, 0) is 66.8 Å². The SMILES string of the molecule is CC=Cc1ccc2c(c1)C(=O)c1cc(C)ccc1C2c1ccc(OCCCCCCCC)cc1. The molecule has 2 heteroatoms. The van der Waals surface area contributed by atoms with Crippen LogP contribution >= 0.6 is 0 Å². The van der Waals surface area contributed by atoms with Crippen LogP contribution in [0.3, 0.4) is 0 Å². The van der Waals surface area contributed by atoms with Crippen molar-refractivity contribution < 1.29 is 9.53 Å². The fourth-order valence-corrected chi connectivity index (χ4v) is 4.94. The first-order valence-electron chi connectivity index (χ1n) is 12.8. The zero-order valence-electron chi connectivity index (χ0n) is 20.8. The Balaban J connectivity index is 1.57. The molecule has 0 fully saturated rings. The minimum absolute atomic E-state index is 0.0376. The van der Waals surface area contributed by atoms with Gasteiger partial charge in [0.1, 0.15) is 5.75 Å². The highest BCUT2D eigenvalue weighted by molar-refractivity contribution is 6.13. The van der Waals surface area contributed by atoms with Crippen LogP contribution in [-0.2, 0) is 0 Å². The van der Waals surface area contributed by atoms with Gasteiger partial charge in [0.15, 0.2) is 5.78 Å². The highest BCUT2D eigenvalue weighted by Crippen LogP contribution is 2.42. The van der Waals surface area contributed by atoms with Crippen molar-refractivity contribution in [1.29, 1.82) is 0 Å². The lowest BCUT2D eigenvalue weighted by Gasteiger charge is -2.29. The summed E-state index contributed by atoms with van der Waals surface area (Å²) in [5.74, 6) is 1.07. The summed E-state index contributed by atoms with van der Waals surface area (Å²) in [7, 11) is 0. The molecule has 0 saturated carbocycles. The summed E-state index contributed by atoms with van der Waals surface area (Å²) in [4.78, 5) is 13.4. The van der Waals surface area contributed by atoms with Crippen LogP contribution in [0.2, 0.25) is 0 Å². The summed E-state index contributed by atoms with van der Waals surface area (Å²) in [5.41, 5.74) is 7.14. The Labute approximate surface area is 204 Å². The van der Waals surface area contributed by atoms with Crippen molar-refractivity contribution >= 4 is 11.9 Å². The second-order valence-corrected chi connectivity index (χ2v) is 9.38. The summed E-state index contributed by atoms with van der Waals surface area (Å²) < 4.78 is 6.01. The van der Waals surface area contributed by atoms with E-state index in [1.807, 2.05) is 38.1 Å². The number of fused-ring (bicyclic) bond motifs is 2. The Morgan fingerprint density at radius 1 is 0.824 bits per heavy atom. The number of carbonyl (C=O) groups is 1. The maximum Gasteiger partial charge on any atom is 0.193 e. The monoisotopic (exact) mass is 452 g/mol. The molecular weight excluding hydrogens is 416 g/mol. The lowest BCUT2D eigenvalue weighted by atomic mass is 9.73. The fraction of sp³-hybridized carbons (Fsp3) is 0.344. The minimum Gasteiger partial charge on any atom is -0.494 e. The lowest BCUT2D eigenvalue weighted by molar-refractivity contribution is 0.103. The number of allylic oxidation sites excluding steroid dienone is 1. The van der Waals surface area contributed by atoms with Gasteiger partial charge in [-0.3, -0.25) is 4.79 Å². The highest BCUT2D eigenvalue weighted by Gasteiger charge is 2.32. The average molecular weight is 453 g/mol. The van der Waals surface area contributed by atoms with Gasteiger partial charge in [-0.25, -0.2) is 0 Å². The first-order chi connectivity index (χ1) is 16.6. The van der Waals surface area contributed by atoms with Gasteiger partial charge in [0.2, 0.25) is 0 Å². The summed E-state index contributed by atoms with van der Waals surface area (Å²) in [6.07, 6.45) is 11.6. The predicted octanol–water partition coefficient (Wildman–Crippen LogP) is 8.49. The third-order valence-electron chi connectivity index (χ3n) is 6.74. The second-order valence-electron chi connectivity index (χ2n) is 9.38. The van der Waals surface area contributed by atoms with E-state index in [9.17, 15) is 4.79 Å². The number of unbranched alkanes of at least 4 members (excludes halogenated alkanes) is 5. The highest BCUT2D eigenvalue weighted by atomic mass is 16.5. The van der Waals surface area contributed by atoms with Crippen molar-refractivity contribution in [3.63, 3.8) is 0 Å². The van der Waals surface area contributed by atoms with Crippen LogP contribution in [0, 0.1) is 6.92 Å². The molecule has 3 aromatic carbocycles. The van der Waals surface area contributed by atoms with Gasteiger partial charge >= 0.3 is 0 Å². The summed E-state index contributed by atoms with van der Waals surface area (Å²) in [6.45, 7) is 7.06. The first-order valence-corrected chi connectivity index (χ1v) is 12.8. The van der Waals surface area contributed by atoms with E-state index >= 15 is 0 Å². The smallest absolute Gasteiger partial charge is 0.193 e. The third kappa shape index (κ3) is 5.33. The molecule has 0 bridgehead atoms. The molecule has 0 N–H and O–H groups in total. The van der Waals surface area contributed by atoms with Gasteiger partial charge in [-0.1, -0.05) is 93.1 Å². The van der Waals surface area contributed by atoms with Gasteiger partial charge in [0.05, 0.1) is 6.61 Å². The molecule has 1 aliphatic carbocycles. The quantitative estimate of drug-likeness (QED) is 0.225. The van der Waals surface area contributed by atoms with Crippen molar-refractivity contribution in [2.75, 3.05) is 6.61 Å². The number of hydrogen-bond donors (Lipinski definition) is 0. The summed E-state index contributed by atoms with van der Waals surface area (Å²) >= 11 is 0. The minimum atomic E-state index is 0.0376. The van der Waals surface area contributed by atoms with E-state index in [1.54, 1.807) is 0 Å². The molecular formula is C32H36O2. The molecule has 1 aliphatic rings. The van der Waals surface area contributed by atoms with E-state index in [2.05, 4.69) is 55.5 Å². The molecule has 0 radical (unpaired) electrons. The van der Waals surface area contributed by atoms with Crippen molar-refractivity contribution in [2.45, 2.75) is 65.2 Å². The summed E-state index contributed by atoms with van der Waals surface area (Å²) in [5, 5.41) is 0. The van der Waals surface area contributed by atoms with Gasteiger partial charge < -0.3 is 4.74 Å². The molecule has 0 heterocycles. The van der Waals surface area contributed by atoms with Gasteiger partial charge in [-0.15, -0.1) is 0 Å². The van der Waals surface area contributed by atoms with Crippen LogP contribution in [0.25, 0.3) is 6.08 Å². The Kier molecular flexibility index (Phi) is 8.00. The standard InChI is InChI=1S/C32H36O2/c1-4-6-7-8-9-10-20-34-26-16-14-25(15-17-26)31-27-18-12-23(3)21-29(27)32(33)30-22-24(11-5-2)13-19-28(30)31/h5,11-19,21-22,31H,4,6-10,20H2,1-3H3. The predicted molar refractivity (Wildman–Crippen MR) is 142 cm³/mol. The Bertz CT molecular complexity index is 1150. The van der Waals surface area contributed by atoms with E-state index in [1.165, 1.54) is 37.7 Å². The maximum atomic E-state index is 13.4. The van der Waals surface area contributed by atoms with Crippen molar-refractivity contribution in [2.24, 2.45) is 0 Å². The molecule has 176 valence electrons. The number of aryl methyl sites for hydroxylation is 1.